The van der Waals surface area contributed by atoms with Crippen LogP contribution in [0.1, 0.15) is 64.4 Å². The summed E-state index contributed by atoms with van der Waals surface area (Å²) in [4.78, 5) is 12.4. The van der Waals surface area contributed by atoms with Gasteiger partial charge in [0.1, 0.15) is 0 Å². The molecule has 1 amide bonds. The largest absolute Gasteiger partial charge is 0.504 e. The Balaban J connectivity index is 1.87. The van der Waals surface area contributed by atoms with Crippen molar-refractivity contribution in [3.63, 3.8) is 0 Å². The molecule has 1 aromatic carbocycles. The van der Waals surface area contributed by atoms with Gasteiger partial charge in [0.05, 0.1) is 13.5 Å². The third-order valence-electron chi connectivity index (χ3n) is 5.22. The number of allylic oxidation sites excluding steroid dienone is 1. The van der Waals surface area contributed by atoms with E-state index in [2.05, 4.69) is 25.2 Å². The molecule has 0 spiro atoms. The van der Waals surface area contributed by atoms with E-state index >= 15 is 0 Å². The second-order valence-electron chi connectivity index (χ2n) is 7.28. The molecule has 0 aliphatic heterocycles. The van der Waals surface area contributed by atoms with Gasteiger partial charge >= 0.3 is 0 Å². The van der Waals surface area contributed by atoms with Gasteiger partial charge in [-0.05, 0) is 55.7 Å². The average Bonchev–Trinajstić information content (AvgIpc) is 2.64. The molecule has 1 aliphatic carbocycles. The van der Waals surface area contributed by atoms with E-state index in [1.807, 2.05) is 0 Å². The van der Waals surface area contributed by atoms with Crippen LogP contribution in [0.25, 0.3) is 0 Å². The van der Waals surface area contributed by atoms with Gasteiger partial charge in [-0.1, -0.05) is 44.4 Å². The number of rotatable bonds is 9. The molecule has 1 atom stereocenters. The zero-order valence-electron chi connectivity index (χ0n) is 16.4. The Labute approximate surface area is 157 Å². The minimum atomic E-state index is 0.0262. The van der Waals surface area contributed by atoms with Crippen LogP contribution in [0.15, 0.2) is 29.8 Å². The molecule has 4 heteroatoms. The molecule has 144 valence electrons. The normalized spacial score (nSPS) is 17.1. The SMILES string of the molecule is CCCC(CCC)C1=CCC(NC(=O)Cc2ccc(O)c(OC)c2)CC1. The summed E-state index contributed by atoms with van der Waals surface area (Å²) in [5.41, 5.74) is 2.44. The van der Waals surface area contributed by atoms with E-state index in [0.29, 0.717) is 12.2 Å². The molecule has 0 radical (unpaired) electrons. The predicted molar refractivity (Wildman–Crippen MR) is 106 cm³/mol. The third-order valence-corrected chi connectivity index (χ3v) is 5.22. The van der Waals surface area contributed by atoms with E-state index in [1.54, 1.807) is 23.8 Å². The number of nitrogens with one attached hydrogen (secondary N) is 1. The van der Waals surface area contributed by atoms with Crippen molar-refractivity contribution in [2.24, 2.45) is 5.92 Å². The van der Waals surface area contributed by atoms with Crippen LogP contribution in [0.5, 0.6) is 11.5 Å². The van der Waals surface area contributed by atoms with E-state index in [4.69, 9.17) is 4.74 Å². The number of aromatic hydroxyl groups is 1. The fourth-order valence-electron chi connectivity index (χ4n) is 3.86. The van der Waals surface area contributed by atoms with Gasteiger partial charge in [-0.15, -0.1) is 0 Å². The number of amides is 1. The number of carbonyl (C=O) groups excluding carboxylic acids is 1. The highest BCUT2D eigenvalue weighted by Gasteiger charge is 2.21. The van der Waals surface area contributed by atoms with E-state index in [9.17, 15) is 9.90 Å². The van der Waals surface area contributed by atoms with E-state index in [0.717, 1.165) is 30.7 Å². The van der Waals surface area contributed by atoms with Crippen molar-refractivity contribution in [1.82, 2.24) is 5.32 Å². The van der Waals surface area contributed by atoms with Crippen LogP contribution in [0.3, 0.4) is 0 Å². The van der Waals surface area contributed by atoms with Crippen LogP contribution in [0.4, 0.5) is 0 Å². The van der Waals surface area contributed by atoms with Crippen molar-refractivity contribution in [3.8, 4) is 11.5 Å². The molecular weight excluding hydrogens is 326 g/mol. The van der Waals surface area contributed by atoms with E-state index < -0.39 is 0 Å². The number of phenolic OH excluding ortho intramolecular Hbond substituents is 1. The monoisotopic (exact) mass is 359 g/mol. The third kappa shape index (κ3) is 5.79. The topological polar surface area (TPSA) is 58.6 Å². The minimum absolute atomic E-state index is 0.0262. The predicted octanol–water partition coefficient (Wildman–Crippen LogP) is 4.75. The molecule has 1 aromatic rings. The van der Waals surface area contributed by atoms with Gasteiger partial charge in [0.15, 0.2) is 11.5 Å². The fourth-order valence-corrected chi connectivity index (χ4v) is 3.86. The van der Waals surface area contributed by atoms with Crippen molar-refractivity contribution in [3.05, 3.63) is 35.4 Å². The Morgan fingerprint density at radius 1 is 1.31 bits per heavy atom. The van der Waals surface area contributed by atoms with Crippen LogP contribution >= 0.6 is 0 Å². The number of phenols is 1. The van der Waals surface area contributed by atoms with Crippen molar-refractivity contribution in [1.29, 1.82) is 0 Å². The van der Waals surface area contributed by atoms with Crippen molar-refractivity contribution < 1.29 is 14.6 Å². The Kier molecular flexibility index (Phi) is 8.02. The number of carbonyl (C=O) groups is 1. The summed E-state index contributed by atoms with van der Waals surface area (Å²) in [6.45, 7) is 4.51. The first-order valence-corrected chi connectivity index (χ1v) is 9.91. The summed E-state index contributed by atoms with van der Waals surface area (Å²) < 4.78 is 5.10. The Morgan fingerprint density at radius 2 is 2.04 bits per heavy atom. The van der Waals surface area contributed by atoms with Crippen molar-refractivity contribution in [2.75, 3.05) is 7.11 Å². The molecule has 4 nitrogen and oxygen atoms in total. The molecular formula is C22H33NO3. The lowest BCUT2D eigenvalue weighted by Gasteiger charge is -2.27. The first-order valence-electron chi connectivity index (χ1n) is 9.91. The summed E-state index contributed by atoms with van der Waals surface area (Å²) in [7, 11) is 1.51. The second kappa shape index (κ2) is 10.2. The first kappa shape index (κ1) is 20.3. The quantitative estimate of drug-likeness (QED) is 0.625. The summed E-state index contributed by atoms with van der Waals surface area (Å²) >= 11 is 0. The molecule has 0 bridgehead atoms. The Hall–Kier alpha value is -1.97. The van der Waals surface area contributed by atoms with E-state index in [1.165, 1.54) is 32.8 Å². The van der Waals surface area contributed by atoms with Gasteiger partial charge in [-0.3, -0.25) is 4.79 Å². The van der Waals surface area contributed by atoms with Crippen molar-refractivity contribution >= 4 is 5.91 Å². The fraction of sp³-hybridized carbons (Fsp3) is 0.591. The standard InChI is InChI=1S/C22H33NO3/c1-4-6-17(7-5-2)18-9-11-19(12-10-18)23-22(25)15-16-8-13-20(24)21(14-16)26-3/h8-9,13-14,17,19,24H,4-7,10-12,15H2,1-3H3,(H,23,25). The lowest BCUT2D eigenvalue weighted by molar-refractivity contribution is -0.121. The number of hydrogen-bond acceptors (Lipinski definition) is 3. The van der Waals surface area contributed by atoms with Gasteiger partial charge in [0, 0.05) is 6.04 Å². The van der Waals surface area contributed by atoms with Gasteiger partial charge < -0.3 is 15.2 Å². The van der Waals surface area contributed by atoms with Crippen molar-refractivity contribution in [2.45, 2.75) is 71.3 Å². The number of ether oxygens (including phenoxy) is 1. The lowest BCUT2D eigenvalue weighted by Crippen LogP contribution is -2.37. The molecule has 2 N–H and O–H groups in total. The van der Waals surface area contributed by atoms with Gasteiger partial charge in [-0.25, -0.2) is 0 Å². The van der Waals surface area contributed by atoms with E-state index in [-0.39, 0.29) is 17.7 Å². The first-order chi connectivity index (χ1) is 12.6. The van der Waals surface area contributed by atoms with Crippen LogP contribution in [0, 0.1) is 5.92 Å². The second-order valence-corrected chi connectivity index (χ2v) is 7.28. The maximum Gasteiger partial charge on any atom is 0.224 e. The molecule has 2 rings (SSSR count). The molecule has 1 unspecified atom stereocenters. The highest BCUT2D eigenvalue weighted by molar-refractivity contribution is 5.79. The zero-order chi connectivity index (χ0) is 18.9. The molecule has 0 saturated heterocycles. The van der Waals surface area contributed by atoms with Crippen LogP contribution in [-0.2, 0) is 11.2 Å². The van der Waals surface area contributed by atoms with Crippen LogP contribution in [0.2, 0.25) is 0 Å². The summed E-state index contributed by atoms with van der Waals surface area (Å²) in [5, 5.41) is 12.8. The zero-order valence-corrected chi connectivity index (χ0v) is 16.4. The molecule has 1 aliphatic rings. The van der Waals surface area contributed by atoms with Crippen LogP contribution in [-0.4, -0.2) is 24.2 Å². The summed E-state index contributed by atoms with van der Waals surface area (Å²) in [5.74, 6) is 1.25. The Bertz CT molecular complexity index is 618. The summed E-state index contributed by atoms with van der Waals surface area (Å²) in [6, 6.07) is 5.28. The van der Waals surface area contributed by atoms with Crippen LogP contribution < -0.4 is 10.1 Å². The smallest absolute Gasteiger partial charge is 0.224 e. The van der Waals surface area contributed by atoms with Gasteiger partial charge in [0.2, 0.25) is 5.91 Å². The maximum atomic E-state index is 12.4. The highest BCUT2D eigenvalue weighted by Crippen LogP contribution is 2.31. The summed E-state index contributed by atoms with van der Waals surface area (Å²) in [6.07, 6.45) is 10.8. The van der Waals surface area contributed by atoms with Gasteiger partial charge in [0.25, 0.3) is 0 Å². The molecule has 0 aromatic heterocycles. The average molecular weight is 360 g/mol. The lowest BCUT2D eigenvalue weighted by atomic mass is 9.82. The number of methoxy groups -OCH3 is 1. The number of hydrogen-bond donors (Lipinski definition) is 2. The molecule has 26 heavy (non-hydrogen) atoms. The highest BCUT2D eigenvalue weighted by atomic mass is 16.5. The maximum absolute atomic E-state index is 12.4. The molecule has 0 saturated carbocycles. The Morgan fingerprint density at radius 3 is 2.62 bits per heavy atom. The van der Waals surface area contributed by atoms with Gasteiger partial charge in [-0.2, -0.15) is 0 Å². The minimum Gasteiger partial charge on any atom is -0.504 e. The molecule has 0 fully saturated rings. The number of benzene rings is 1. The molecule has 0 heterocycles.